The zero-order chi connectivity index (χ0) is 19.0. The van der Waals surface area contributed by atoms with Crippen molar-refractivity contribution in [3.63, 3.8) is 0 Å². The minimum Gasteiger partial charge on any atom is -0.463 e. The molecule has 1 fully saturated rings. The van der Waals surface area contributed by atoms with E-state index in [1.165, 1.54) is 0 Å². The highest BCUT2D eigenvalue weighted by Gasteiger charge is 2.49. The first-order valence-electron chi connectivity index (χ1n) is 7.01. The Morgan fingerprint density at radius 1 is 0.960 bits per heavy atom. The third-order valence-electron chi connectivity index (χ3n) is 3.05. The van der Waals surface area contributed by atoms with Gasteiger partial charge < -0.3 is 18.9 Å². The van der Waals surface area contributed by atoms with Gasteiger partial charge in [-0.3, -0.25) is 14.4 Å². The van der Waals surface area contributed by atoms with Crippen LogP contribution in [0.2, 0.25) is 0 Å². The summed E-state index contributed by atoms with van der Waals surface area (Å²) in [6, 6.07) is -2.54. The molecule has 1 heterocycles. The number of rotatable bonds is 6. The first-order valence-corrected chi connectivity index (χ1v) is 7.01. The van der Waals surface area contributed by atoms with Gasteiger partial charge in [0.2, 0.25) is 6.29 Å². The van der Waals surface area contributed by atoms with Crippen LogP contribution in [0, 0.1) is 0 Å². The summed E-state index contributed by atoms with van der Waals surface area (Å²) in [7, 11) is 0. The van der Waals surface area contributed by atoms with Crippen LogP contribution >= 0.6 is 0 Å². The number of azide groups is 2. The maximum Gasteiger partial charge on any atom is 0.304 e. The Morgan fingerprint density at radius 3 is 2.00 bits per heavy atom. The third kappa shape index (κ3) is 5.84. The predicted octanol–water partition coefficient (Wildman–Crippen LogP) is 1.13. The summed E-state index contributed by atoms with van der Waals surface area (Å²) in [4.78, 5) is 38.9. The molecule has 0 saturated carbocycles. The third-order valence-corrected chi connectivity index (χ3v) is 3.05. The normalized spacial score (nSPS) is 27.9. The zero-order valence-electron chi connectivity index (χ0n) is 13.6. The van der Waals surface area contributed by atoms with E-state index in [0.29, 0.717) is 0 Å². The minimum atomic E-state index is -1.42. The highest BCUT2D eigenvalue weighted by Crippen LogP contribution is 2.29. The molecule has 0 aromatic rings. The Labute approximate surface area is 141 Å². The first-order chi connectivity index (χ1) is 11.8. The summed E-state index contributed by atoms with van der Waals surface area (Å²) in [5, 5.41) is 6.90. The van der Waals surface area contributed by atoms with Crippen LogP contribution < -0.4 is 0 Å². The number of esters is 3. The summed E-state index contributed by atoms with van der Waals surface area (Å²) in [5.74, 6) is -2.11. The Bertz CT molecular complexity index is 627. The molecule has 5 atom stereocenters. The molecule has 1 saturated heterocycles. The Kier molecular flexibility index (Phi) is 7.47. The fourth-order valence-corrected chi connectivity index (χ4v) is 2.21. The number of carbonyl (C=O) groups excluding carboxylic acids is 3. The quantitative estimate of drug-likeness (QED) is 0.224. The second-order valence-corrected chi connectivity index (χ2v) is 4.92. The predicted molar refractivity (Wildman–Crippen MR) is 78.5 cm³/mol. The van der Waals surface area contributed by atoms with Gasteiger partial charge in [-0.15, -0.1) is 0 Å². The van der Waals surface area contributed by atoms with Gasteiger partial charge in [-0.2, -0.15) is 0 Å². The maximum atomic E-state index is 11.4. The molecule has 0 amide bonds. The van der Waals surface area contributed by atoms with Crippen molar-refractivity contribution >= 4 is 17.9 Å². The lowest BCUT2D eigenvalue weighted by molar-refractivity contribution is -0.244. The number of hydrogen-bond donors (Lipinski definition) is 0. The first kappa shape index (κ1) is 20.0. The highest BCUT2D eigenvalue weighted by atomic mass is 16.7. The van der Waals surface area contributed by atoms with Crippen molar-refractivity contribution in [1.29, 1.82) is 0 Å². The molecule has 0 radical (unpaired) electrons. The van der Waals surface area contributed by atoms with Crippen LogP contribution in [0.3, 0.4) is 0 Å². The SMILES string of the molecule is CC(=O)OC[C@H]1O[C@H](OC(C)=O)[C@@H](N=[N+]=[N-])[C@@H](N=[N+]=[N-])[C@@H]1OC(C)=O. The molecule has 1 rings (SSSR count). The molecule has 0 aromatic heterocycles. The standard InChI is InChI=1S/C12H16N6O7/c1-5(19)22-4-8-11(23-6(2)20)9(15-17-13)10(16-18-14)12(25-8)24-7(3)21/h8-12H,4H2,1-3H3/t8-,9-,10+,11-,12+/m1/s1. The van der Waals surface area contributed by atoms with Gasteiger partial charge in [0, 0.05) is 30.6 Å². The summed E-state index contributed by atoms with van der Waals surface area (Å²) >= 11 is 0. The average molecular weight is 356 g/mol. The summed E-state index contributed by atoms with van der Waals surface area (Å²) in [6.45, 7) is 2.99. The van der Waals surface area contributed by atoms with Crippen LogP contribution in [-0.4, -0.2) is 55.1 Å². The molecule has 0 bridgehead atoms. The van der Waals surface area contributed by atoms with E-state index in [-0.39, 0.29) is 6.61 Å². The number of nitrogens with zero attached hydrogens (tertiary/aromatic N) is 6. The number of ether oxygens (including phenoxy) is 4. The Morgan fingerprint density at radius 2 is 1.52 bits per heavy atom. The second-order valence-electron chi connectivity index (χ2n) is 4.92. The summed E-state index contributed by atoms with van der Waals surface area (Å²) < 4.78 is 20.3. The van der Waals surface area contributed by atoms with Gasteiger partial charge in [0.1, 0.15) is 24.9 Å². The van der Waals surface area contributed by atoms with Crippen molar-refractivity contribution < 1.29 is 33.3 Å². The van der Waals surface area contributed by atoms with Gasteiger partial charge in [0.15, 0.2) is 0 Å². The molecule has 1 aliphatic rings. The van der Waals surface area contributed by atoms with Gasteiger partial charge >= 0.3 is 17.9 Å². The fourth-order valence-electron chi connectivity index (χ4n) is 2.21. The minimum absolute atomic E-state index is 0.370. The van der Waals surface area contributed by atoms with E-state index in [1.807, 2.05) is 0 Å². The summed E-state index contributed by atoms with van der Waals surface area (Å²) in [6.07, 6.45) is -3.76. The van der Waals surface area contributed by atoms with Crippen LogP contribution in [0.4, 0.5) is 0 Å². The summed E-state index contributed by atoms with van der Waals surface area (Å²) in [5.41, 5.74) is 17.5. The van der Waals surface area contributed by atoms with Crippen molar-refractivity contribution in [2.45, 2.75) is 51.4 Å². The van der Waals surface area contributed by atoms with Crippen molar-refractivity contribution in [2.75, 3.05) is 6.61 Å². The van der Waals surface area contributed by atoms with E-state index < -0.39 is 48.5 Å². The van der Waals surface area contributed by atoms with Gasteiger partial charge in [-0.25, -0.2) is 0 Å². The van der Waals surface area contributed by atoms with Crippen molar-refractivity contribution in [3.8, 4) is 0 Å². The lowest BCUT2D eigenvalue weighted by Crippen LogP contribution is -2.59. The van der Waals surface area contributed by atoms with E-state index >= 15 is 0 Å². The molecule has 0 N–H and O–H groups in total. The molecular formula is C12H16N6O7. The monoisotopic (exact) mass is 356 g/mol. The fraction of sp³-hybridized carbons (Fsp3) is 0.750. The van der Waals surface area contributed by atoms with E-state index in [1.54, 1.807) is 0 Å². The Hall–Kier alpha value is -3.01. The smallest absolute Gasteiger partial charge is 0.304 e. The van der Waals surface area contributed by atoms with Crippen LogP contribution in [0.15, 0.2) is 10.2 Å². The van der Waals surface area contributed by atoms with Crippen LogP contribution in [0.25, 0.3) is 20.9 Å². The molecular weight excluding hydrogens is 340 g/mol. The Balaban J connectivity index is 3.26. The molecule has 13 heteroatoms. The van der Waals surface area contributed by atoms with E-state index in [0.717, 1.165) is 20.8 Å². The van der Waals surface area contributed by atoms with E-state index in [9.17, 15) is 14.4 Å². The van der Waals surface area contributed by atoms with E-state index in [2.05, 4.69) is 20.1 Å². The molecule has 0 aromatic carbocycles. The van der Waals surface area contributed by atoms with Crippen molar-refractivity contribution in [3.05, 3.63) is 20.9 Å². The number of carbonyl (C=O) groups is 3. The lowest BCUT2D eigenvalue weighted by atomic mass is 9.95. The average Bonchev–Trinajstić information content (AvgIpc) is 2.50. The maximum absolute atomic E-state index is 11.4. The molecule has 0 spiro atoms. The molecule has 0 unspecified atom stereocenters. The van der Waals surface area contributed by atoms with Crippen LogP contribution in [0.1, 0.15) is 20.8 Å². The van der Waals surface area contributed by atoms with Gasteiger partial charge in [0.05, 0.1) is 6.04 Å². The number of hydrogen-bond acceptors (Lipinski definition) is 9. The van der Waals surface area contributed by atoms with Gasteiger partial charge in [0.25, 0.3) is 0 Å². The lowest BCUT2D eigenvalue weighted by Gasteiger charge is -2.41. The topological polar surface area (TPSA) is 186 Å². The molecule has 1 aliphatic heterocycles. The van der Waals surface area contributed by atoms with Crippen molar-refractivity contribution in [2.24, 2.45) is 10.2 Å². The van der Waals surface area contributed by atoms with E-state index in [4.69, 9.17) is 30.0 Å². The van der Waals surface area contributed by atoms with Crippen molar-refractivity contribution in [1.82, 2.24) is 0 Å². The van der Waals surface area contributed by atoms with Gasteiger partial charge in [-0.1, -0.05) is 10.2 Å². The molecule has 136 valence electrons. The zero-order valence-corrected chi connectivity index (χ0v) is 13.6. The van der Waals surface area contributed by atoms with Crippen LogP contribution in [0.5, 0.6) is 0 Å². The van der Waals surface area contributed by atoms with Gasteiger partial charge in [-0.05, 0) is 11.1 Å². The molecule has 0 aliphatic carbocycles. The second kappa shape index (κ2) is 9.33. The molecule has 25 heavy (non-hydrogen) atoms. The van der Waals surface area contributed by atoms with Crippen LogP contribution in [-0.2, 0) is 33.3 Å². The largest absolute Gasteiger partial charge is 0.463 e. The molecule has 13 nitrogen and oxygen atoms in total. The highest BCUT2D eigenvalue weighted by molar-refractivity contribution is 5.67.